The van der Waals surface area contributed by atoms with Crippen molar-refractivity contribution in [3.05, 3.63) is 23.8 Å². The van der Waals surface area contributed by atoms with Crippen molar-refractivity contribution in [2.75, 3.05) is 7.05 Å². The highest BCUT2D eigenvalue weighted by atomic mass is 14.9. The van der Waals surface area contributed by atoms with Crippen LogP contribution in [0.2, 0.25) is 0 Å². The zero-order valence-electron chi connectivity index (χ0n) is 6.72. The molecule has 0 bridgehead atoms. The smallest absolute Gasteiger partial charge is 0.0285 e. The highest BCUT2D eigenvalue weighted by Gasteiger charge is 2.03. The Morgan fingerprint density at radius 1 is 1.70 bits per heavy atom. The second-order valence-electron chi connectivity index (χ2n) is 2.62. The molecule has 56 valence electrons. The molecule has 1 rings (SSSR count). The van der Waals surface area contributed by atoms with Gasteiger partial charge in [-0.05, 0) is 19.9 Å². The van der Waals surface area contributed by atoms with Crippen molar-refractivity contribution in [2.24, 2.45) is 0 Å². The van der Waals surface area contributed by atoms with Gasteiger partial charge in [0.15, 0.2) is 0 Å². The third kappa shape index (κ3) is 1.71. The van der Waals surface area contributed by atoms with Gasteiger partial charge in [-0.1, -0.05) is 30.7 Å². The standard InChI is InChI=1S/C9H15N/c1-3-8-4-6-9(10-2)7-5-8/h4-6,9-10H,3,7H2,1-2H3. The molecule has 1 atom stereocenters. The molecule has 0 aromatic rings. The number of hydrogen-bond donors (Lipinski definition) is 1. The lowest BCUT2D eigenvalue weighted by Crippen LogP contribution is -2.23. The van der Waals surface area contributed by atoms with E-state index in [1.165, 1.54) is 5.57 Å². The van der Waals surface area contributed by atoms with Gasteiger partial charge in [0, 0.05) is 6.04 Å². The van der Waals surface area contributed by atoms with E-state index in [-0.39, 0.29) is 0 Å². The number of likely N-dealkylation sites (N-methyl/N-ethyl adjacent to an activating group) is 1. The van der Waals surface area contributed by atoms with E-state index < -0.39 is 0 Å². The topological polar surface area (TPSA) is 12.0 Å². The summed E-state index contributed by atoms with van der Waals surface area (Å²) in [5.74, 6) is 0. The molecule has 0 aromatic heterocycles. The maximum atomic E-state index is 3.22. The van der Waals surface area contributed by atoms with Gasteiger partial charge >= 0.3 is 0 Å². The van der Waals surface area contributed by atoms with Crippen LogP contribution >= 0.6 is 0 Å². The SMILES string of the molecule is CCC1=CCC(NC)C=C1. The lowest BCUT2D eigenvalue weighted by atomic mass is 10.0. The van der Waals surface area contributed by atoms with Crippen LogP contribution in [0.5, 0.6) is 0 Å². The van der Waals surface area contributed by atoms with E-state index in [9.17, 15) is 0 Å². The van der Waals surface area contributed by atoms with Crippen LogP contribution in [0, 0.1) is 0 Å². The first-order chi connectivity index (χ1) is 4.86. The summed E-state index contributed by atoms with van der Waals surface area (Å²) in [6.07, 6.45) is 9.06. The van der Waals surface area contributed by atoms with E-state index in [1.54, 1.807) is 0 Å². The van der Waals surface area contributed by atoms with Crippen molar-refractivity contribution in [2.45, 2.75) is 25.8 Å². The molecule has 10 heavy (non-hydrogen) atoms. The first-order valence-corrected chi connectivity index (χ1v) is 3.91. The largest absolute Gasteiger partial charge is 0.313 e. The van der Waals surface area contributed by atoms with Crippen LogP contribution in [0.4, 0.5) is 0 Å². The monoisotopic (exact) mass is 137 g/mol. The van der Waals surface area contributed by atoms with Crippen molar-refractivity contribution in [3.63, 3.8) is 0 Å². The van der Waals surface area contributed by atoms with Crippen molar-refractivity contribution in [3.8, 4) is 0 Å². The molecule has 1 nitrogen and oxygen atoms in total. The molecular weight excluding hydrogens is 122 g/mol. The summed E-state index contributed by atoms with van der Waals surface area (Å²) >= 11 is 0. The summed E-state index contributed by atoms with van der Waals surface area (Å²) in [4.78, 5) is 0. The summed E-state index contributed by atoms with van der Waals surface area (Å²) in [5.41, 5.74) is 1.46. The Labute approximate surface area is 62.8 Å². The fourth-order valence-corrected chi connectivity index (χ4v) is 1.14. The molecule has 1 aliphatic carbocycles. The lowest BCUT2D eigenvalue weighted by Gasteiger charge is -2.13. The minimum Gasteiger partial charge on any atom is -0.313 e. The van der Waals surface area contributed by atoms with Crippen molar-refractivity contribution >= 4 is 0 Å². The lowest BCUT2D eigenvalue weighted by molar-refractivity contribution is 0.667. The second kappa shape index (κ2) is 3.57. The van der Waals surface area contributed by atoms with Crippen LogP contribution in [0.3, 0.4) is 0 Å². The summed E-state index contributed by atoms with van der Waals surface area (Å²) in [7, 11) is 2.00. The highest BCUT2D eigenvalue weighted by molar-refractivity contribution is 5.24. The van der Waals surface area contributed by atoms with Gasteiger partial charge < -0.3 is 5.32 Å². The van der Waals surface area contributed by atoms with Crippen molar-refractivity contribution in [1.82, 2.24) is 5.32 Å². The maximum absolute atomic E-state index is 3.22. The number of allylic oxidation sites excluding steroid dienone is 2. The third-order valence-electron chi connectivity index (χ3n) is 1.96. The molecule has 0 heterocycles. The van der Waals surface area contributed by atoms with Crippen molar-refractivity contribution in [1.29, 1.82) is 0 Å². The predicted octanol–water partition coefficient (Wildman–Crippen LogP) is 1.87. The molecule has 1 heteroatoms. The van der Waals surface area contributed by atoms with Crippen LogP contribution < -0.4 is 5.32 Å². The summed E-state index contributed by atoms with van der Waals surface area (Å²) in [5, 5.41) is 3.22. The Hall–Kier alpha value is -0.560. The van der Waals surface area contributed by atoms with E-state index in [4.69, 9.17) is 0 Å². The van der Waals surface area contributed by atoms with Gasteiger partial charge in [-0.2, -0.15) is 0 Å². The Kier molecular flexibility index (Phi) is 2.69. The van der Waals surface area contributed by atoms with Gasteiger partial charge in [-0.25, -0.2) is 0 Å². The first-order valence-electron chi connectivity index (χ1n) is 3.91. The molecule has 0 radical (unpaired) electrons. The molecule has 0 saturated carbocycles. The van der Waals surface area contributed by atoms with E-state index in [2.05, 4.69) is 30.5 Å². The van der Waals surface area contributed by atoms with E-state index in [0.717, 1.165) is 12.8 Å². The molecule has 1 aliphatic rings. The van der Waals surface area contributed by atoms with Gasteiger partial charge in [0.1, 0.15) is 0 Å². The van der Waals surface area contributed by atoms with Gasteiger partial charge in [0.05, 0.1) is 0 Å². The zero-order chi connectivity index (χ0) is 7.40. The number of hydrogen-bond acceptors (Lipinski definition) is 1. The molecule has 1 N–H and O–H groups in total. The minimum atomic E-state index is 0.565. The van der Waals surface area contributed by atoms with Crippen LogP contribution in [-0.2, 0) is 0 Å². The summed E-state index contributed by atoms with van der Waals surface area (Å²) < 4.78 is 0. The van der Waals surface area contributed by atoms with Gasteiger partial charge in [0.2, 0.25) is 0 Å². The average molecular weight is 137 g/mol. The van der Waals surface area contributed by atoms with Crippen LogP contribution in [-0.4, -0.2) is 13.1 Å². The second-order valence-corrected chi connectivity index (χ2v) is 2.62. The van der Waals surface area contributed by atoms with Crippen LogP contribution in [0.15, 0.2) is 23.8 Å². The van der Waals surface area contributed by atoms with Gasteiger partial charge in [-0.3, -0.25) is 0 Å². The van der Waals surface area contributed by atoms with E-state index in [0.29, 0.717) is 6.04 Å². The number of rotatable bonds is 2. The van der Waals surface area contributed by atoms with E-state index in [1.807, 2.05) is 7.05 Å². The number of nitrogens with one attached hydrogen (secondary N) is 1. The quantitative estimate of drug-likeness (QED) is 0.612. The molecule has 0 amide bonds. The Bertz CT molecular complexity index is 156. The average Bonchev–Trinajstić information content (AvgIpc) is 2.05. The molecule has 1 unspecified atom stereocenters. The molecule has 0 saturated heterocycles. The highest BCUT2D eigenvalue weighted by Crippen LogP contribution is 2.12. The van der Waals surface area contributed by atoms with Crippen molar-refractivity contribution < 1.29 is 0 Å². The predicted molar refractivity (Wildman–Crippen MR) is 45.0 cm³/mol. The van der Waals surface area contributed by atoms with Crippen LogP contribution in [0.25, 0.3) is 0 Å². The molecule has 0 aromatic carbocycles. The third-order valence-corrected chi connectivity index (χ3v) is 1.96. The first kappa shape index (κ1) is 7.55. The fourth-order valence-electron chi connectivity index (χ4n) is 1.14. The Morgan fingerprint density at radius 3 is 2.90 bits per heavy atom. The van der Waals surface area contributed by atoms with Gasteiger partial charge in [-0.15, -0.1) is 0 Å². The van der Waals surface area contributed by atoms with Gasteiger partial charge in [0.25, 0.3) is 0 Å². The molecule has 0 spiro atoms. The summed E-state index contributed by atoms with van der Waals surface area (Å²) in [6.45, 7) is 2.19. The molecular formula is C9H15N. The zero-order valence-corrected chi connectivity index (χ0v) is 6.72. The normalized spacial score (nSPS) is 24.6. The molecule has 0 aliphatic heterocycles. The fraction of sp³-hybridized carbons (Fsp3) is 0.556. The minimum absolute atomic E-state index is 0.565. The molecule has 0 fully saturated rings. The summed E-state index contributed by atoms with van der Waals surface area (Å²) in [6, 6.07) is 0.565. The Morgan fingerprint density at radius 2 is 2.50 bits per heavy atom. The Balaban J connectivity index is 2.46. The van der Waals surface area contributed by atoms with Crippen LogP contribution in [0.1, 0.15) is 19.8 Å². The maximum Gasteiger partial charge on any atom is 0.0285 e. The van der Waals surface area contributed by atoms with E-state index >= 15 is 0 Å².